The first-order chi connectivity index (χ1) is 10.6. The highest BCUT2D eigenvalue weighted by atomic mass is 16.2. The smallest absolute Gasteiger partial charge is 0.275 e. The molecule has 116 valence electrons. The Hall–Kier alpha value is -1.88. The molecule has 2 saturated heterocycles. The number of carbonyl (C=O) groups excluding carboxylic acids is 1. The van der Waals surface area contributed by atoms with E-state index in [9.17, 15) is 4.79 Å². The summed E-state index contributed by atoms with van der Waals surface area (Å²) in [4.78, 5) is 17.5. The highest BCUT2D eigenvalue weighted by molar-refractivity contribution is 6.05. The van der Waals surface area contributed by atoms with E-state index in [0.29, 0.717) is 17.7 Å². The number of likely N-dealkylation sites (N-methyl/N-ethyl adjacent to an activating group) is 1. The van der Waals surface area contributed by atoms with Gasteiger partial charge in [-0.3, -0.25) is 9.48 Å². The van der Waals surface area contributed by atoms with Crippen LogP contribution >= 0.6 is 0 Å². The fraction of sp³-hybridized carbons (Fsp3) is 0.529. The van der Waals surface area contributed by atoms with Gasteiger partial charge in [-0.05, 0) is 38.4 Å². The van der Waals surface area contributed by atoms with Crippen molar-refractivity contribution in [3.05, 3.63) is 30.0 Å². The summed E-state index contributed by atoms with van der Waals surface area (Å²) in [5.74, 6) is 0.759. The van der Waals surface area contributed by atoms with Crippen LogP contribution in [-0.2, 0) is 7.05 Å². The maximum Gasteiger partial charge on any atom is 0.275 e. The Kier molecular flexibility index (Phi) is 3.18. The number of para-hydroxylation sites is 1. The van der Waals surface area contributed by atoms with Crippen LogP contribution in [0.2, 0.25) is 0 Å². The first-order valence-corrected chi connectivity index (χ1v) is 8.06. The molecule has 2 aliphatic rings. The number of hydrogen-bond donors (Lipinski definition) is 0. The molecule has 2 fully saturated rings. The van der Waals surface area contributed by atoms with Crippen molar-refractivity contribution < 1.29 is 4.79 Å². The van der Waals surface area contributed by atoms with Crippen molar-refractivity contribution in [3.63, 3.8) is 0 Å². The molecular formula is C17H22N4O. The number of hydrogen-bond acceptors (Lipinski definition) is 3. The van der Waals surface area contributed by atoms with Crippen LogP contribution in [0.15, 0.2) is 24.3 Å². The summed E-state index contributed by atoms with van der Waals surface area (Å²) in [6.45, 7) is 3.00. The van der Waals surface area contributed by atoms with E-state index in [2.05, 4.69) is 21.9 Å². The van der Waals surface area contributed by atoms with E-state index in [-0.39, 0.29) is 5.91 Å². The van der Waals surface area contributed by atoms with Gasteiger partial charge in [0.05, 0.1) is 5.52 Å². The molecule has 5 nitrogen and oxygen atoms in total. The van der Waals surface area contributed by atoms with Crippen molar-refractivity contribution in [2.24, 2.45) is 13.0 Å². The summed E-state index contributed by atoms with van der Waals surface area (Å²) < 4.78 is 1.81. The monoisotopic (exact) mass is 298 g/mol. The number of carbonyl (C=O) groups is 1. The molecule has 1 aromatic carbocycles. The zero-order chi connectivity index (χ0) is 15.3. The predicted molar refractivity (Wildman–Crippen MR) is 85.8 cm³/mol. The molecular weight excluding hydrogens is 276 g/mol. The lowest BCUT2D eigenvalue weighted by atomic mass is 9.92. The second-order valence-corrected chi connectivity index (χ2v) is 6.65. The van der Waals surface area contributed by atoms with Gasteiger partial charge in [-0.25, -0.2) is 0 Å². The van der Waals surface area contributed by atoms with Crippen LogP contribution < -0.4 is 0 Å². The number of benzene rings is 1. The first kappa shape index (κ1) is 13.8. The SMILES string of the molecule is CN1CCC2CCN(C(=O)c3nn(C)c4ccccc34)C2C1. The lowest BCUT2D eigenvalue weighted by Gasteiger charge is -2.36. The van der Waals surface area contributed by atoms with Crippen LogP contribution in [0, 0.1) is 5.92 Å². The minimum absolute atomic E-state index is 0.0969. The molecule has 1 aromatic heterocycles. The van der Waals surface area contributed by atoms with Gasteiger partial charge in [-0.15, -0.1) is 0 Å². The zero-order valence-electron chi connectivity index (χ0n) is 13.2. The van der Waals surface area contributed by atoms with Crippen molar-refractivity contribution in [2.75, 3.05) is 26.7 Å². The van der Waals surface area contributed by atoms with Crippen LogP contribution in [0.5, 0.6) is 0 Å². The quantitative estimate of drug-likeness (QED) is 0.805. The van der Waals surface area contributed by atoms with Gasteiger partial charge in [0.25, 0.3) is 5.91 Å². The Balaban J connectivity index is 1.69. The Morgan fingerprint density at radius 3 is 2.82 bits per heavy atom. The highest BCUT2D eigenvalue weighted by Gasteiger charge is 2.40. The van der Waals surface area contributed by atoms with Gasteiger partial charge >= 0.3 is 0 Å². The van der Waals surface area contributed by atoms with Crippen LogP contribution in [0.1, 0.15) is 23.3 Å². The summed E-state index contributed by atoms with van der Waals surface area (Å²) in [6.07, 6.45) is 2.34. The minimum Gasteiger partial charge on any atom is -0.333 e. The van der Waals surface area contributed by atoms with Crippen molar-refractivity contribution in [1.82, 2.24) is 19.6 Å². The summed E-state index contributed by atoms with van der Waals surface area (Å²) in [6, 6.07) is 8.32. The number of piperidine rings is 1. The molecule has 2 aliphatic heterocycles. The summed E-state index contributed by atoms with van der Waals surface area (Å²) in [5, 5.41) is 5.46. The second kappa shape index (κ2) is 5.09. The van der Waals surface area contributed by atoms with E-state index >= 15 is 0 Å². The number of nitrogens with zero attached hydrogens (tertiary/aromatic N) is 4. The van der Waals surface area contributed by atoms with Crippen LogP contribution in [0.4, 0.5) is 0 Å². The number of aryl methyl sites for hydroxylation is 1. The summed E-state index contributed by atoms with van der Waals surface area (Å²) in [5.41, 5.74) is 1.62. The second-order valence-electron chi connectivity index (χ2n) is 6.65. The third-order valence-corrected chi connectivity index (χ3v) is 5.29. The molecule has 2 aromatic rings. The predicted octanol–water partition coefficient (Wildman–Crippen LogP) is 1.74. The third-order valence-electron chi connectivity index (χ3n) is 5.29. The molecule has 4 rings (SSSR count). The van der Waals surface area contributed by atoms with Crippen LogP contribution in [0.3, 0.4) is 0 Å². The fourth-order valence-corrected chi connectivity index (χ4v) is 4.06. The molecule has 2 atom stereocenters. The number of rotatable bonds is 1. The highest BCUT2D eigenvalue weighted by Crippen LogP contribution is 2.33. The van der Waals surface area contributed by atoms with E-state index in [1.54, 1.807) is 0 Å². The topological polar surface area (TPSA) is 41.4 Å². The van der Waals surface area contributed by atoms with Gasteiger partial charge in [0.1, 0.15) is 0 Å². The Bertz CT molecular complexity index is 723. The van der Waals surface area contributed by atoms with Crippen molar-refractivity contribution in [2.45, 2.75) is 18.9 Å². The molecule has 1 amide bonds. The number of amides is 1. The molecule has 2 unspecified atom stereocenters. The van der Waals surface area contributed by atoms with E-state index < -0.39 is 0 Å². The van der Waals surface area contributed by atoms with Crippen molar-refractivity contribution in [1.29, 1.82) is 0 Å². The van der Waals surface area contributed by atoms with Crippen molar-refractivity contribution >= 4 is 16.8 Å². The lowest BCUT2D eigenvalue weighted by Crippen LogP contribution is -2.48. The summed E-state index contributed by atoms with van der Waals surface area (Å²) in [7, 11) is 4.05. The fourth-order valence-electron chi connectivity index (χ4n) is 4.06. The van der Waals surface area contributed by atoms with Gasteiger partial charge < -0.3 is 9.80 Å². The van der Waals surface area contributed by atoms with E-state index in [1.807, 2.05) is 36.0 Å². The van der Waals surface area contributed by atoms with Gasteiger partial charge in [-0.1, -0.05) is 18.2 Å². The Morgan fingerprint density at radius 2 is 1.95 bits per heavy atom. The van der Waals surface area contributed by atoms with Crippen molar-refractivity contribution in [3.8, 4) is 0 Å². The normalized spacial score (nSPS) is 25.6. The average molecular weight is 298 g/mol. The molecule has 0 bridgehead atoms. The third kappa shape index (κ3) is 2.03. The van der Waals surface area contributed by atoms with Crippen LogP contribution in [0.25, 0.3) is 10.9 Å². The zero-order valence-corrected chi connectivity index (χ0v) is 13.2. The number of fused-ring (bicyclic) bond motifs is 2. The maximum absolute atomic E-state index is 13.1. The van der Waals surface area contributed by atoms with Crippen LogP contribution in [-0.4, -0.2) is 58.2 Å². The molecule has 0 radical (unpaired) electrons. The molecule has 0 spiro atoms. The molecule has 0 aliphatic carbocycles. The van der Waals surface area contributed by atoms with E-state index in [4.69, 9.17) is 0 Å². The Labute approximate surface area is 130 Å². The number of aromatic nitrogens is 2. The molecule has 0 saturated carbocycles. The molecule has 22 heavy (non-hydrogen) atoms. The average Bonchev–Trinajstić information content (AvgIpc) is 3.08. The molecule has 3 heterocycles. The van der Waals surface area contributed by atoms with E-state index in [1.165, 1.54) is 6.42 Å². The van der Waals surface area contributed by atoms with Gasteiger partial charge in [-0.2, -0.15) is 5.10 Å². The first-order valence-electron chi connectivity index (χ1n) is 8.06. The minimum atomic E-state index is 0.0969. The van der Waals surface area contributed by atoms with Gasteiger partial charge in [0.15, 0.2) is 5.69 Å². The number of likely N-dealkylation sites (tertiary alicyclic amines) is 2. The van der Waals surface area contributed by atoms with Gasteiger partial charge in [0, 0.05) is 31.6 Å². The van der Waals surface area contributed by atoms with Gasteiger partial charge in [0.2, 0.25) is 0 Å². The lowest BCUT2D eigenvalue weighted by molar-refractivity contribution is 0.0627. The summed E-state index contributed by atoms with van der Waals surface area (Å²) >= 11 is 0. The standard InChI is InChI=1S/C17H22N4O/c1-19-9-7-12-8-10-21(15(12)11-19)17(22)16-13-5-3-4-6-14(13)20(2)18-16/h3-6,12,15H,7-11H2,1-2H3. The largest absolute Gasteiger partial charge is 0.333 e. The van der Waals surface area contributed by atoms with E-state index in [0.717, 1.165) is 37.0 Å². The maximum atomic E-state index is 13.1. The Morgan fingerprint density at radius 1 is 1.18 bits per heavy atom. The molecule has 5 heteroatoms. The molecule has 0 N–H and O–H groups in total.